The van der Waals surface area contributed by atoms with Crippen molar-refractivity contribution in [1.82, 2.24) is 0 Å². The van der Waals surface area contributed by atoms with Crippen molar-refractivity contribution in [3.63, 3.8) is 0 Å². The highest BCUT2D eigenvalue weighted by Crippen LogP contribution is 2.49. The highest BCUT2D eigenvalue weighted by atomic mass is 16.3. The van der Waals surface area contributed by atoms with Gasteiger partial charge >= 0.3 is 0 Å². The van der Waals surface area contributed by atoms with Crippen molar-refractivity contribution in [2.45, 2.75) is 0 Å². The second kappa shape index (κ2) is 12.2. The van der Waals surface area contributed by atoms with Gasteiger partial charge in [-0.25, -0.2) is 0 Å². The minimum atomic E-state index is 0.864. The van der Waals surface area contributed by atoms with Gasteiger partial charge in [-0.3, -0.25) is 0 Å². The Morgan fingerprint density at radius 2 is 0.852 bits per heavy atom. The van der Waals surface area contributed by atoms with Crippen molar-refractivity contribution < 1.29 is 4.42 Å². The van der Waals surface area contributed by atoms with Crippen molar-refractivity contribution in [3.8, 4) is 22.3 Å². The summed E-state index contributed by atoms with van der Waals surface area (Å²) in [4.78, 5) is 2.41. The second-order valence-electron chi connectivity index (χ2n) is 14.0. The molecule has 0 aliphatic carbocycles. The van der Waals surface area contributed by atoms with E-state index in [0.717, 1.165) is 39.0 Å². The van der Waals surface area contributed by atoms with Gasteiger partial charge in [0.05, 0.1) is 11.4 Å². The molecule has 1 aromatic heterocycles. The molecule has 10 aromatic carbocycles. The van der Waals surface area contributed by atoms with Gasteiger partial charge in [-0.1, -0.05) is 170 Å². The van der Waals surface area contributed by atoms with Crippen LogP contribution in [0.5, 0.6) is 0 Å². The summed E-state index contributed by atoms with van der Waals surface area (Å²) in [5, 5.41) is 12.0. The van der Waals surface area contributed by atoms with Gasteiger partial charge in [-0.15, -0.1) is 0 Å². The predicted molar refractivity (Wildman–Crippen MR) is 229 cm³/mol. The van der Waals surface area contributed by atoms with E-state index in [-0.39, 0.29) is 0 Å². The highest BCUT2D eigenvalue weighted by Gasteiger charge is 2.24. The molecule has 1 heterocycles. The first-order valence-corrected chi connectivity index (χ1v) is 18.5. The lowest BCUT2D eigenvalue weighted by molar-refractivity contribution is 0.669. The number of benzene rings is 10. The first-order valence-electron chi connectivity index (χ1n) is 18.5. The monoisotopic (exact) mass is 687 g/mol. The molecule has 11 aromatic rings. The van der Waals surface area contributed by atoms with Crippen LogP contribution in [-0.4, -0.2) is 0 Å². The Balaban J connectivity index is 1.28. The molecule has 11 rings (SSSR count). The molecule has 0 bridgehead atoms. The van der Waals surface area contributed by atoms with Crippen molar-refractivity contribution in [3.05, 3.63) is 200 Å². The average Bonchev–Trinajstić information content (AvgIpc) is 3.63. The van der Waals surface area contributed by atoms with Gasteiger partial charge in [0.15, 0.2) is 5.58 Å². The Bertz CT molecular complexity index is 3210. The van der Waals surface area contributed by atoms with Gasteiger partial charge in [0, 0.05) is 21.8 Å². The molecule has 0 unspecified atom stereocenters. The molecule has 0 aliphatic rings. The fraction of sp³-hybridized carbons (Fsp3) is 0. The van der Waals surface area contributed by atoms with Gasteiger partial charge in [0.1, 0.15) is 5.58 Å². The summed E-state index contributed by atoms with van der Waals surface area (Å²) in [5.74, 6) is 0. The van der Waals surface area contributed by atoms with Crippen molar-refractivity contribution in [2.24, 2.45) is 0 Å². The first kappa shape index (κ1) is 30.5. The Morgan fingerprint density at radius 3 is 1.63 bits per heavy atom. The zero-order valence-electron chi connectivity index (χ0n) is 29.4. The molecular formula is C52H33NO. The van der Waals surface area contributed by atoms with Gasteiger partial charge in [-0.2, -0.15) is 0 Å². The first-order chi connectivity index (χ1) is 26.8. The molecule has 0 spiro atoms. The Morgan fingerprint density at radius 1 is 0.315 bits per heavy atom. The largest absolute Gasteiger partial charge is 0.454 e. The third-order valence-electron chi connectivity index (χ3n) is 11.0. The average molecular weight is 688 g/mol. The van der Waals surface area contributed by atoms with E-state index in [4.69, 9.17) is 4.42 Å². The minimum Gasteiger partial charge on any atom is -0.454 e. The smallest absolute Gasteiger partial charge is 0.159 e. The molecule has 0 atom stereocenters. The number of nitrogens with zero attached hydrogens (tertiary/aromatic N) is 1. The number of hydrogen-bond donors (Lipinski definition) is 0. The molecule has 252 valence electrons. The van der Waals surface area contributed by atoms with Crippen LogP contribution in [0.2, 0.25) is 0 Å². The van der Waals surface area contributed by atoms with Gasteiger partial charge in [0.25, 0.3) is 0 Å². The topological polar surface area (TPSA) is 16.4 Å². The summed E-state index contributed by atoms with van der Waals surface area (Å²) in [7, 11) is 0. The molecule has 0 radical (unpaired) electrons. The SMILES string of the molecule is c1ccc(-c2c(-c3ccccc3)c3cc(N(c4cccc5c4ccc4ccccc45)c4cccc5c4oc4ccccc45)ccc3c3ccccc23)cc1. The predicted octanol–water partition coefficient (Wildman–Crippen LogP) is 15.0. The normalized spacial score (nSPS) is 11.7. The van der Waals surface area contributed by atoms with E-state index in [1.54, 1.807) is 0 Å². The molecule has 54 heavy (non-hydrogen) atoms. The van der Waals surface area contributed by atoms with E-state index < -0.39 is 0 Å². The molecule has 0 amide bonds. The van der Waals surface area contributed by atoms with Crippen LogP contribution >= 0.6 is 0 Å². The number of hydrogen-bond acceptors (Lipinski definition) is 2. The maximum atomic E-state index is 6.76. The van der Waals surface area contributed by atoms with E-state index in [2.05, 4.69) is 199 Å². The summed E-state index contributed by atoms with van der Waals surface area (Å²) in [5.41, 5.74) is 9.74. The standard InChI is InChI=1S/C52H33NO/c1-3-16-35(17-4-1)50-44-23-10-9-21-40(44)41-32-30-37(33-46(41)51(50)36-18-5-2-6-19-36)53(48-27-14-25-45-43-22-11-12-28-49(43)54-52(45)48)47-26-13-24-39-38-20-8-7-15-34(38)29-31-42(39)47/h1-33H. The van der Waals surface area contributed by atoms with Crippen LogP contribution in [-0.2, 0) is 0 Å². The van der Waals surface area contributed by atoms with E-state index in [1.807, 2.05) is 6.07 Å². The number of anilines is 3. The van der Waals surface area contributed by atoms with Crippen LogP contribution in [0.15, 0.2) is 205 Å². The van der Waals surface area contributed by atoms with E-state index in [9.17, 15) is 0 Å². The van der Waals surface area contributed by atoms with Crippen LogP contribution in [0.25, 0.3) is 87.3 Å². The molecule has 0 fully saturated rings. The molecule has 0 saturated heterocycles. The highest BCUT2D eigenvalue weighted by molar-refractivity contribution is 6.23. The lowest BCUT2D eigenvalue weighted by Gasteiger charge is -2.28. The maximum Gasteiger partial charge on any atom is 0.159 e. The lowest BCUT2D eigenvalue weighted by atomic mass is 9.85. The Hall–Kier alpha value is -7.16. The maximum absolute atomic E-state index is 6.76. The molecule has 2 heteroatoms. The van der Waals surface area contributed by atoms with Crippen LogP contribution in [0, 0.1) is 0 Å². The van der Waals surface area contributed by atoms with Crippen LogP contribution in [0.3, 0.4) is 0 Å². The van der Waals surface area contributed by atoms with Crippen molar-refractivity contribution in [2.75, 3.05) is 4.90 Å². The summed E-state index contributed by atoms with van der Waals surface area (Å²) in [6.07, 6.45) is 0. The summed E-state index contributed by atoms with van der Waals surface area (Å²) < 4.78 is 6.76. The van der Waals surface area contributed by atoms with Gasteiger partial charge in [-0.05, 0) is 90.3 Å². The van der Waals surface area contributed by atoms with Gasteiger partial charge < -0.3 is 9.32 Å². The number of fused-ring (bicyclic) bond motifs is 9. The van der Waals surface area contributed by atoms with E-state index >= 15 is 0 Å². The zero-order valence-corrected chi connectivity index (χ0v) is 29.4. The minimum absolute atomic E-state index is 0.864. The van der Waals surface area contributed by atoms with Crippen molar-refractivity contribution in [1.29, 1.82) is 0 Å². The Kier molecular flexibility index (Phi) is 6.90. The van der Waals surface area contributed by atoms with Gasteiger partial charge in [0.2, 0.25) is 0 Å². The third kappa shape index (κ3) is 4.67. The number of furan rings is 1. The van der Waals surface area contributed by atoms with Crippen LogP contribution in [0.4, 0.5) is 17.1 Å². The molecular weight excluding hydrogens is 655 g/mol. The molecule has 0 saturated carbocycles. The van der Waals surface area contributed by atoms with E-state index in [0.29, 0.717) is 0 Å². The second-order valence-corrected chi connectivity index (χ2v) is 14.0. The van der Waals surface area contributed by atoms with E-state index in [1.165, 1.54) is 65.3 Å². The lowest BCUT2D eigenvalue weighted by Crippen LogP contribution is -2.11. The Labute approximate surface area is 312 Å². The summed E-state index contributed by atoms with van der Waals surface area (Å²) >= 11 is 0. The fourth-order valence-electron chi connectivity index (χ4n) is 8.66. The summed E-state index contributed by atoms with van der Waals surface area (Å²) in [6.45, 7) is 0. The quantitative estimate of drug-likeness (QED) is 0.168. The van der Waals surface area contributed by atoms with Crippen LogP contribution < -0.4 is 4.90 Å². The summed E-state index contributed by atoms with van der Waals surface area (Å²) in [6, 6.07) is 72.3. The van der Waals surface area contributed by atoms with Crippen LogP contribution in [0.1, 0.15) is 0 Å². The number of para-hydroxylation sites is 2. The van der Waals surface area contributed by atoms with Crippen molar-refractivity contribution >= 4 is 82.1 Å². The number of rotatable bonds is 5. The third-order valence-corrected chi connectivity index (χ3v) is 11.0. The fourth-order valence-corrected chi connectivity index (χ4v) is 8.66. The molecule has 2 nitrogen and oxygen atoms in total. The molecule has 0 aliphatic heterocycles. The molecule has 0 N–H and O–H groups in total. The zero-order chi connectivity index (χ0) is 35.6.